The summed E-state index contributed by atoms with van der Waals surface area (Å²) >= 11 is 6.11. The molecule has 3 aromatic rings. The summed E-state index contributed by atoms with van der Waals surface area (Å²) < 4.78 is 0. The summed E-state index contributed by atoms with van der Waals surface area (Å²) in [6.45, 7) is 3.72. The largest absolute Gasteiger partial charge is 0.411 e. The van der Waals surface area contributed by atoms with E-state index < -0.39 is 0 Å². The summed E-state index contributed by atoms with van der Waals surface area (Å²) in [6, 6.07) is 14.9. The second kappa shape index (κ2) is 7.41. The summed E-state index contributed by atoms with van der Waals surface area (Å²) in [5.74, 6) is 0.747. The Morgan fingerprint density at radius 2 is 1.85 bits per heavy atom. The Kier molecular flexibility index (Phi) is 5.04. The third-order valence-corrected chi connectivity index (χ3v) is 4.18. The van der Waals surface area contributed by atoms with Gasteiger partial charge >= 0.3 is 0 Å². The van der Waals surface area contributed by atoms with Crippen LogP contribution in [0.1, 0.15) is 18.1 Å². The third-order valence-electron chi connectivity index (χ3n) is 3.94. The summed E-state index contributed by atoms with van der Waals surface area (Å²) in [4.78, 5) is 8.56. The summed E-state index contributed by atoms with van der Waals surface area (Å²) in [6.07, 6.45) is 0. The molecule has 0 radical (unpaired) electrons. The molecule has 0 saturated carbocycles. The van der Waals surface area contributed by atoms with Crippen LogP contribution in [0.5, 0.6) is 0 Å². The Morgan fingerprint density at radius 1 is 1.12 bits per heavy atom. The number of aryl methyl sites for hydroxylation is 1. The predicted molar refractivity (Wildman–Crippen MR) is 105 cm³/mol. The molecule has 2 aromatic carbocycles. The van der Waals surface area contributed by atoms with Gasteiger partial charge in [0, 0.05) is 22.3 Å². The van der Waals surface area contributed by atoms with Crippen LogP contribution in [-0.4, -0.2) is 20.9 Å². The highest BCUT2D eigenvalue weighted by atomic mass is 35.5. The number of rotatable bonds is 4. The van der Waals surface area contributed by atoms with Crippen molar-refractivity contribution in [2.45, 2.75) is 13.8 Å². The van der Waals surface area contributed by atoms with Gasteiger partial charge in [0.2, 0.25) is 5.95 Å². The van der Waals surface area contributed by atoms with E-state index in [0.717, 1.165) is 22.4 Å². The van der Waals surface area contributed by atoms with Gasteiger partial charge in [0.1, 0.15) is 5.82 Å². The van der Waals surface area contributed by atoms with Crippen LogP contribution in [-0.2, 0) is 0 Å². The van der Waals surface area contributed by atoms with Crippen molar-refractivity contribution in [3.8, 4) is 11.3 Å². The molecule has 0 bridgehead atoms. The number of hydrogen-bond acceptors (Lipinski definition) is 6. The monoisotopic (exact) mass is 367 g/mol. The Morgan fingerprint density at radius 3 is 2.54 bits per heavy atom. The van der Waals surface area contributed by atoms with Gasteiger partial charge in [-0.15, -0.1) is 0 Å². The van der Waals surface area contributed by atoms with Gasteiger partial charge in [-0.05, 0) is 49.2 Å². The average Bonchev–Trinajstić information content (AvgIpc) is 2.63. The lowest BCUT2D eigenvalue weighted by Crippen LogP contribution is -2.02. The van der Waals surface area contributed by atoms with E-state index in [-0.39, 0.29) is 5.95 Å². The van der Waals surface area contributed by atoms with Crippen molar-refractivity contribution < 1.29 is 5.21 Å². The van der Waals surface area contributed by atoms with Crippen molar-refractivity contribution in [1.29, 1.82) is 0 Å². The number of anilines is 3. The Labute approximate surface area is 156 Å². The molecule has 132 valence electrons. The summed E-state index contributed by atoms with van der Waals surface area (Å²) in [5, 5.41) is 15.9. The molecular formula is C19H18ClN5O. The van der Waals surface area contributed by atoms with Crippen molar-refractivity contribution in [3.05, 3.63) is 64.7 Å². The van der Waals surface area contributed by atoms with Gasteiger partial charge < -0.3 is 16.3 Å². The van der Waals surface area contributed by atoms with Gasteiger partial charge in [-0.3, -0.25) is 0 Å². The maximum absolute atomic E-state index is 8.84. The molecule has 0 aliphatic heterocycles. The molecule has 1 aromatic heterocycles. The fraction of sp³-hybridized carbons (Fsp3) is 0.105. The van der Waals surface area contributed by atoms with E-state index in [9.17, 15) is 0 Å². The number of benzene rings is 2. The standard InChI is InChI=1S/C19H18ClN5O/c1-11-3-6-14(20)9-16(11)17-10-18(24-19(21)23-17)22-15-7-4-13(5-8-15)12(2)25-26/h3-10,26H,1-2H3,(H3,21,22,23,24)/b25-12+. The first-order valence-electron chi connectivity index (χ1n) is 7.93. The number of halogens is 1. The molecule has 3 rings (SSSR count). The Bertz CT molecular complexity index is 970. The predicted octanol–water partition coefficient (Wildman–Crippen LogP) is 4.63. The number of oxime groups is 1. The van der Waals surface area contributed by atoms with Crippen LogP contribution >= 0.6 is 11.6 Å². The van der Waals surface area contributed by atoms with Crippen LogP contribution in [0.3, 0.4) is 0 Å². The quantitative estimate of drug-likeness (QED) is 0.355. The number of nitrogen functional groups attached to an aromatic ring is 1. The van der Waals surface area contributed by atoms with E-state index in [0.29, 0.717) is 22.2 Å². The minimum absolute atomic E-state index is 0.171. The molecule has 0 unspecified atom stereocenters. The first-order valence-corrected chi connectivity index (χ1v) is 8.31. The van der Waals surface area contributed by atoms with Gasteiger partial charge in [0.05, 0.1) is 11.4 Å². The Balaban J connectivity index is 1.92. The van der Waals surface area contributed by atoms with E-state index in [4.69, 9.17) is 22.5 Å². The molecule has 1 heterocycles. The van der Waals surface area contributed by atoms with Gasteiger partial charge in [0.15, 0.2) is 0 Å². The van der Waals surface area contributed by atoms with Crippen molar-refractivity contribution >= 4 is 34.8 Å². The van der Waals surface area contributed by atoms with Crippen LogP contribution in [0.25, 0.3) is 11.3 Å². The summed E-state index contributed by atoms with van der Waals surface area (Å²) in [7, 11) is 0. The van der Waals surface area contributed by atoms with Crippen molar-refractivity contribution in [2.24, 2.45) is 5.16 Å². The molecule has 4 N–H and O–H groups in total. The maximum atomic E-state index is 8.84. The molecule has 26 heavy (non-hydrogen) atoms. The van der Waals surface area contributed by atoms with Gasteiger partial charge in [-0.25, -0.2) is 4.98 Å². The van der Waals surface area contributed by atoms with Crippen LogP contribution in [0.4, 0.5) is 17.5 Å². The first kappa shape index (κ1) is 17.7. The molecule has 0 aliphatic carbocycles. The number of nitrogens with one attached hydrogen (secondary N) is 1. The molecule has 7 heteroatoms. The normalized spacial score (nSPS) is 11.4. The third kappa shape index (κ3) is 3.92. The van der Waals surface area contributed by atoms with Gasteiger partial charge in [0.25, 0.3) is 0 Å². The minimum atomic E-state index is 0.171. The topological polar surface area (TPSA) is 96.4 Å². The minimum Gasteiger partial charge on any atom is -0.411 e. The van der Waals surface area contributed by atoms with Crippen molar-refractivity contribution in [2.75, 3.05) is 11.1 Å². The van der Waals surface area contributed by atoms with Crippen LogP contribution < -0.4 is 11.1 Å². The van der Waals surface area contributed by atoms with E-state index >= 15 is 0 Å². The van der Waals surface area contributed by atoms with Crippen molar-refractivity contribution in [3.63, 3.8) is 0 Å². The molecule has 0 aliphatic rings. The molecule has 0 amide bonds. The van der Waals surface area contributed by atoms with Crippen LogP contribution in [0, 0.1) is 6.92 Å². The Hall–Kier alpha value is -3.12. The maximum Gasteiger partial charge on any atom is 0.222 e. The van der Waals surface area contributed by atoms with Crippen LogP contribution in [0.2, 0.25) is 5.02 Å². The molecular weight excluding hydrogens is 350 g/mol. The van der Waals surface area contributed by atoms with E-state index in [1.54, 1.807) is 6.92 Å². The molecule has 0 saturated heterocycles. The highest BCUT2D eigenvalue weighted by molar-refractivity contribution is 6.30. The zero-order valence-corrected chi connectivity index (χ0v) is 15.1. The molecule has 0 fully saturated rings. The SMILES string of the molecule is C/C(=N\O)c1ccc(Nc2cc(-c3cc(Cl)ccc3C)nc(N)n2)cc1. The van der Waals surface area contributed by atoms with E-state index in [1.165, 1.54) is 0 Å². The number of aromatic nitrogens is 2. The highest BCUT2D eigenvalue weighted by Gasteiger charge is 2.09. The lowest BCUT2D eigenvalue weighted by molar-refractivity contribution is 0.319. The molecule has 0 spiro atoms. The average molecular weight is 368 g/mol. The number of nitrogens with two attached hydrogens (primary N) is 1. The van der Waals surface area contributed by atoms with E-state index in [1.807, 2.05) is 55.5 Å². The van der Waals surface area contributed by atoms with E-state index in [2.05, 4.69) is 20.4 Å². The van der Waals surface area contributed by atoms with Crippen LogP contribution in [0.15, 0.2) is 53.7 Å². The molecule has 0 atom stereocenters. The van der Waals surface area contributed by atoms with Crippen molar-refractivity contribution in [1.82, 2.24) is 9.97 Å². The zero-order chi connectivity index (χ0) is 18.7. The fourth-order valence-corrected chi connectivity index (χ4v) is 2.71. The smallest absolute Gasteiger partial charge is 0.222 e. The first-order chi connectivity index (χ1) is 12.5. The second-order valence-electron chi connectivity index (χ2n) is 5.84. The molecule has 6 nitrogen and oxygen atoms in total. The number of nitrogens with zero attached hydrogens (tertiary/aromatic N) is 3. The highest BCUT2D eigenvalue weighted by Crippen LogP contribution is 2.28. The number of hydrogen-bond donors (Lipinski definition) is 3. The fourth-order valence-electron chi connectivity index (χ4n) is 2.54. The lowest BCUT2D eigenvalue weighted by atomic mass is 10.1. The lowest BCUT2D eigenvalue weighted by Gasteiger charge is -2.11. The van der Waals surface area contributed by atoms with Gasteiger partial charge in [-0.2, -0.15) is 4.98 Å². The second-order valence-corrected chi connectivity index (χ2v) is 6.28. The van der Waals surface area contributed by atoms with Gasteiger partial charge in [-0.1, -0.05) is 35.0 Å². The summed E-state index contributed by atoms with van der Waals surface area (Å²) in [5.41, 5.74) is 10.7. The zero-order valence-electron chi connectivity index (χ0n) is 14.4.